The number of aryl methyl sites for hydroxylation is 1. The van der Waals surface area contributed by atoms with Crippen molar-refractivity contribution in [2.45, 2.75) is 18.9 Å². The number of ether oxygens (including phenoxy) is 1. The second-order valence-corrected chi connectivity index (χ2v) is 3.36. The van der Waals surface area contributed by atoms with Gasteiger partial charge in [-0.2, -0.15) is 0 Å². The molecule has 0 fully saturated rings. The number of hydrogen-bond acceptors (Lipinski definition) is 2. The van der Waals surface area contributed by atoms with E-state index >= 15 is 0 Å². The molecule has 1 aromatic carbocycles. The molecule has 1 atom stereocenters. The van der Waals surface area contributed by atoms with Gasteiger partial charge in [0.1, 0.15) is 5.82 Å². The SMILES string of the molecule is O=C(O)C1CCc2cc(F)cc(F)c2O1. The van der Waals surface area contributed by atoms with Crippen molar-refractivity contribution in [3.63, 3.8) is 0 Å². The highest BCUT2D eigenvalue weighted by Gasteiger charge is 2.28. The first kappa shape index (κ1) is 9.89. The molecular formula is C10H8F2O3. The molecule has 1 heterocycles. The van der Waals surface area contributed by atoms with Crippen molar-refractivity contribution >= 4 is 5.97 Å². The molecule has 0 amide bonds. The Hall–Kier alpha value is -1.65. The molecule has 1 N–H and O–H groups in total. The molecule has 0 radical (unpaired) electrons. The van der Waals surface area contributed by atoms with Gasteiger partial charge in [0.05, 0.1) is 0 Å². The minimum atomic E-state index is -1.13. The summed E-state index contributed by atoms with van der Waals surface area (Å²) in [6, 6.07) is 1.85. The molecule has 1 aliphatic rings. The molecule has 0 spiro atoms. The summed E-state index contributed by atoms with van der Waals surface area (Å²) in [5.74, 6) is -2.81. The van der Waals surface area contributed by atoms with E-state index in [2.05, 4.69) is 0 Å². The monoisotopic (exact) mass is 214 g/mol. The minimum Gasteiger partial charge on any atom is -0.479 e. The van der Waals surface area contributed by atoms with E-state index in [1.54, 1.807) is 0 Å². The van der Waals surface area contributed by atoms with Gasteiger partial charge >= 0.3 is 5.97 Å². The number of carboxylic acid groups (broad SMARTS) is 1. The standard InChI is InChI=1S/C10H8F2O3/c11-6-3-5-1-2-8(10(13)14)15-9(5)7(12)4-6/h3-4,8H,1-2H2,(H,13,14). The number of carbonyl (C=O) groups is 1. The first-order valence-corrected chi connectivity index (χ1v) is 4.45. The second-order valence-electron chi connectivity index (χ2n) is 3.36. The van der Waals surface area contributed by atoms with Gasteiger partial charge in [-0.25, -0.2) is 13.6 Å². The first-order chi connectivity index (χ1) is 7.08. The van der Waals surface area contributed by atoms with Gasteiger partial charge in [-0.3, -0.25) is 0 Å². The highest BCUT2D eigenvalue weighted by atomic mass is 19.1. The lowest BCUT2D eigenvalue weighted by Crippen LogP contribution is -2.31. The Balaban J connectivity index is 2.37. The molecule has 15 heavy (non-hydrogen) atoms. The molecule has 1 aromatic rings. The van der Waals surface area contributed by atoms with Gasteiger partial charge in [0.15, 0.2) is 17.7 Å². The van der Waals surface area contributed by atoms with Crippen molar-refractivity contribution in [3.8, 4) is 5.75 Å². The van der Waals surface area contributed by atoms with Crippen LogP contribution in [0.4, 0.5) is 8.78 Å². The van der Waals surface area contributed by atoms with E-state index in [9.17, 15) is 13.6 Å². The maximum Gasteiger partial charge on any atom is 0.344 e. The number of halogens is 2. The van der Waals surface area contributed by atoms with Crippen molar-refractivity contribution in [3.05, 3.63) is 29.3 Å². The average molecular weight is 214 g/mol. The molecule has 1 unspecified atom stereocenters. The van der Waals surface area contributed by atoms with Crippen LogP contribution >= 0.6 is 0 Å². The summed E-state index contributed by atoms with van der Waals surface area (Å²) >= 11 is 0. The Bertz CT molecular complexity index is 417. The van der Waals surface area contributed by atoms with Gasteiger partial charge in [-0.1, -0.05) is 0 Å². The quantitative estimate of drug-likeness (QED) is 0.774. The molecular weight excluding hydrogens is 206 g/mol. The maximum absolute atomic E-state index is 13.2. The number of hydrogen-bond donors (Lipinski definition) is 1. The third-order valence-electron chi connectivity index (χ3n) is 2.30. The third kappa shape index (κ3) is 1.77. The molecule has 0 aromatic heterocycles. The van der Waals surface area contributed by atoms with Crippen LogP contribution in [0.1, 0.15) is 12.0 Å². The average Bonchev–Trinajstić information content (AvgIpc) is 2.16. The summed E-state index contributed by atoms with van der Waals surface area (Å²) < 4.78 is 30.9. The number of aliphatic carboxylic acids is 1. The van der Waals surface area contributed by atoms with Gasteiger partial charge in [-0.15, -0.1) is 0 Å². The lowest BCUT2D eigenvalue weighted by molar-refractivity contribution is -0.145. The number of rotatable bonds is 1. The van der Waals surface area contributed by atoms with Crippen LogP contribution in [0.2, 0.25) is 0 Å². The first-order valence-electron chi connectivity index (χ1n) is 4.45. The van der Waals surface area contributed by atoms with Crippen LogP contribution < -0.4 is 4.74 Å². The fourth-order valence-corrected chi connectivity index (χ4v) is 1.59. The Morgan fingerprint density at radius 2 is 2.20 bits per heavy atom. The lowest BCUT2D eigenvalue weighted by Gasteiger charge is -2.23. The topological polar surface area (TPSA) is 46.5 Å². The van der Waals surface area contributed by atoms with Crippen LogP contribution in [0.15, 0.2) is 12.1 Å². The maximum atomic E-state index is 13.2. The van der Waals surface area contributed by atoms with Crippen molar-refractivity contribution in [2.75, 3.05) is 0 Å². The molecule has 0 saturated carbocycles. The number of benzene rings is 1. The lowest BCUT2D eigenvalue weighted by atomic mass is 10.0. The van der Waals surface area contributed by atoms with Crippen LogP contribution in [0, 0.1) is 11.6 Å². The van der Waals surface area contributed by atoms with E-state index in [4.69, 9.17) is 9.84 Å². The smallest absolute Gasteiger partial charge is 0.344 e. The van der Waals surface area contributed by atoms with E-state index in [0.717, 1.165) is 6.07 Å². The van der Waals surface area contributed by atoms with Crippen LogP contribution in [0.25, 0.3) is 0 Å². The molecule has 3 nitrogen and oxygen atoms in total. The minimum absolute atomic E-state index is 0.143. The zero-order valence-corrected chi connectivity index (χ0v) is 7.67. The number of fused-ring (bicyclic) bond motifs is 1. The van der Waals surface area contributed by atoms with Crippen LogP contribution in [0.5, 0.6) is 5.75 Å². The van der Waals surface area contributed by atoms with Gasteiger partial charge in [-0.05, 0) is 18.9 Å². The zero-order valence-electron chi connectivity index (χ0n) is 7.67. The molecule has 0 aliphatic carbocycles. The normalized spacial score (nSPS) is 19.2. The zero-order chi connectivity index (χ0) is 11.0. The molecule has 0 bridgehead atoms. The predicted octanol–water partition coefficient (Wildman–Crippen LogP) is 1.74. The Morgan fingerprint density at radius 3 is 2.87 bits per heavy atom. The number of carboxylic acids is 1. The van der Waals surface area contributed by atoms with Gasteiger partial charge in [0.2, 0.25) is 0 Å². The van der Waals surface area contributed by atoms with Crippen LogP contribution in [-0.2, 0) is 11.2 Å². The van der Waals surface area contributed by atoms with E-state index in [0.29, 0.717) is 18.1 Å². The summed E-state index contributed by atoms with van der Waals surface area (Å²) in [5.41, 5.74) is 0.380. The molecule has 5 heteroatoms. The highest BCUT2D eigenvalue weighted by Crippen LogP contribution is 2.31. The Morgan fingerprint density at radius 1 is 1.47 bits per heavy atom. The van der Waals surface area contributed by atoms with E-state index in [1.165, 1.54) is 0 Å². The van der Waals surface area contributed by atoms with Gasteiger partial charge in [0, 0.05) is 11.6 Å². The largest absolute Gasteiger partial charge is 0.479 e. The summed E-state index contributed by atoms with van der Waals surface area (Å²) in [6.45, 7) is 0. The summed E-state index contributed by atoms with van der Waals surface area (Å²) in [7, 11) is 0. The molecule has 2 rings (SSSR count). The van der Waals surface area contributed by atoms with Crippen molar-refractivity contribution < 1.29 is 23.4 Å². The summed E-state index contributed by atoms with van der Waals surface area (Å²) in [6.07, 6.45) is -0.510. The summed E-state index contributed by atoms with van der Waals surface area (Å²) in [4.78, 5) is 10.6. The highest BCUT2D eigenvalue weighted by molar-refractivity contribution is 5.73. The van der Waals surface area contributed by atoms with Crippen molar-refractivity contribution in [1.29, 1.82) is 0 Å². The Kier molecular flexibility index (Phi) is 2.30. The molecule has 0 saturated heterocycles. The second kappa shape index (κ2) is 3.49. The van der Waals surface area contributed by atoms with Crippen LogP contribution in [0.3, 0.4) is 0 Å². The van der Waals surface area contributed by atoms with E-state index in [-0.39, 0.29) is 12.2 Å². The van der Waals surface area contributed by atoms with Crippen LogP contribution in [-0.4, -0.2) is 17.2 Å². The van der Waals surface area contributed by atoms with Crippen molar-refractivity contribution in [2.24, 2.45) is 0 Å². The Labute approximate surface area is 84.3 Å². The summed E-state index contributed by atoms with van der Waals surface area (Å²) in [5, 5.41) is 8.69. The third-order valence-corrected chi connectivity index (χ3v) is 2.30. The fourth-order valence-electron chi connectivity index (χ4n) is 1.59. The molecule has 80 valence electrons. The van der Waals surface area contributed by atoms with Gasteiger partial charge in [0.25, 0.3) is 0 Å². The molecule has 1 aliphatic heterocycles. The van der Waals surface area contributed by atoms with Gasteiger partial charge < -0.3 is 9.84 Å². The fraction of sp³-hybridized carbons (Fsp3) is 0.300. The van der Waals surface area contributed by atoms with E-state index < -0.39 is 23.7 Å². The van der Waals surface area contributed by atoms with E-state index in [1.807, 2.05) is 0 Å². The van der Waals surface area contributed by atoms with Crippen molar-refractivity contribution in [1.82, 2.24) is 0 Å². The predicted molar refractivity (Wildman–Crippen MR) is 46.7 cm³/mol.